The van der Waals surface area contributed by atoms with Crippen LogP contribution in [0.1, 0.15) is 5.56 Å². The molecule has 122 valence electrons. The van der Waals surface area contributed by atoms with Crippen molar-refractivity contribution in [3.05, 3.63) is 47.2 Å². The number of benzene rings is 1. The number of piperazine rings is 1. The molecule has 23 heavy (non-hydrogen) atoms. The van der Waals surface area contributed by atoms with Gasteiger partial charge in [-0.2, -0.15) is 5.10 Å². The Bertz CT molecular complexity index is 686. The van der Waals surface area contributed by atoms with Gasteiger partial charge in [0.05, 0.1) is 11.9 Å². The van der Waals surface area contributed by atoms with Gasteiger partial charge in [0.1, 0.15) is 6.04 Å². The molecule has 1 atom stereocenters. The predicted molar refractivity (Wildman–Crippen MR) is 87.9 cm³/mol. The summed E-state index contributed by atoms with van der Waals surface area (Å²) in [5, 5.41) is 14.3. The van der Waals surface area contributed by atoms with Crippen LogP contribution >= 0.6 is 11.6 Å². The summed E-state index contributed by atoms with van der Waals surface area (Å²) in [5.74, 6) is -0.769. The van der Waals surface area contributed by atoms with E-state index in [1.54, 1.807) is 4.68 Å². The topological polar surface area (TPSA) is 61.6 Å². The summed E-state index contributed by atoms with van der Waals surface area (Å²) in [6, 6.07) is 7.03. The molecule has 3 rings (SSSR count). The number of aromatic nitrogens is 2. The lowest BCUT2D eigenvalue weighted by Gasteiger charge is -2.36. The average Bonchev–Trinajstić information content (AvgIpc) is 2.98. The maximum Gasteiger partial charge on any atom is 0.322 e. The van der Waals surface area contributed by atoms with Gasteiger partial charge in [-0.05, 0) is 31.3 Å². The number of hydrogen-bond donors (Lipinski definition) is 1. The number of nitrogens with zero attached hydrogens (tertiary/aromatic N) is 4. The summed E-state index contributed by atoms with van der Waals surface area (Å²) >= 11 is 5.90. The highest BCUT2D eigenvalue weighted by Gasteiger charge is 2.29. The molecule has 1 fully saturated rings. The third-order valence-electron chi connectivity index (χ3n) is 4.15. The lowest BCUT2D eigenvalue weighted by molar-refractivity contribution is -0.145. The number of hydrogen-bond acceptors (Lipinski definition) is 4. The van der Waals surface area contributed by atoms with Crippen molar-refractivity contribution >= 4 is 17.6 Å². The van der Waals surface area contributed by atoms with E-state index in [2.05, 4.69) is 10.00 Å². The van der Waals surface area contributed by atoms with Gasteiger partial charge in [0.25, 0.3) is 0 Å². The van der Waals surface area contributed by atoms with Crippen molar-refractivity contribution in [1.29, 1.82) is 0 Å². The van der Waals surface area contributed by atoms with Gasteiger partial charge in [-0.3, -0.25) is 14.6 Å². The molecule has 7 heteroatoms. The molecule has 0 aliphatic carbocycles. The lowest BCUT2D eigenvalue weighted by atomic mass is 10.1. The molecule has 1 aromatic carbocycles. The molecular weight excluding hydrogens is 316 g/mol. The largest absolute Gasteiger partial charge is 0.480 e. The van der Waals surface area contributed by atoms with Crippen molar-refractivity contribution in [3.63, 3.8) is 0 Å². The minimum absolute atomic E-state index is 0.449. The SMILES string of the molecule is CN1CCN(Cc2cnn(-c3ccc(Cl)cc3)c2)CC1C(=O)O. The molecule has 1 aromatic heterocycles. The first kappa shape index (κ1) is 16.0. The second-order valence-electron chi connectivity index (χ2n) is 5.84. The monoisotopic (exact) mass is 334 g/mol. The van der Waals surface area contributed by atoms with E-state index in [4.69, 9.17) is 11.6 Å². The molecule has 6 nitrogen and oxygen atoms in total. The van der Waals surface area contributed by atoms with Crippen LogP contribution < -0.4 is 0 Å². The molecular formula is C16H19ClN4O2. The Hall–Kier alpha value is -1.89. The Balaban J connectivity index is 1.67. The lowest BCUT2D eigenvalue weighted by Crippen LogP contribution is -2.54. The minimum atomic E-state index is -0.769. The molecule has 0 bridgehead atoms. The maximum atomic E-state index is 11.3. The van der Waals surface area contributed by atoms with E-state index < -0.39 is 12.0 Å². The Morgan fingerprint density at radius 1 is 1.35 bits per heavy atom. The highest BCUT2D eigenvalue weighted by molar-refractivity contribution is 6.30. The summed E-state index contributed by atoms with van der Waals surface area (Å²) in [5.41, 5.74) is 2.01. The van der Waals surface area contributed by atoms with Gasteiger partial charge in [-0.25, -0.2) is 4.68 Å². The average molecular weight is 335 g/mol. The van der Waals surface area contributed by atoms with Crippen LogP contribution in [0.3, 0.4) is 0 Å². The molecule has 1 unspecified atom stereocenters. The molecule has 0 radical (unpaired) electrons. The molecule has 2 aromatic rings. The van der Waals surface area contributed by atoms with Gasteiger partial charge < -0.3 is 5.11 Å². The first-order valence-electron chi connectivity index (χ1n) is 7.48. The van der Waals surface area contributed by atoms with E-state index in [1.807, 2.05) is 48.6 Å². The van der Waals surface area contributed by atoms with Crippen molar-refractivity contribution in [2.45, 2.75) is 12.6 Å². The Morgan fingerprint density at radius 3 is 2.78 bits per heavy atom. The van der Waals surface area contributed by atoms with Gasteiger partial charge in [0, 0.05) is 43.0 Å². The maximum absolute atomic E-state index is 11.3. The fraction of sp³-hybridized carbons (Fsp3) is 0.375. The molecule has 1 N–H and O–H groups in total. The fourth-order valence-electron chi connectivity index (χ4n) is 2.78. The van der Waals surface area contributed by atoms with Crippen LogP contribution in [-0.2, 0) is 11.3 Å². The van der Waals surface area contributed by atoms with E-state index >= 15 is 0 Å². The van der Waals surface area contributed by atoms with Crippen molar-refractivity contribution in [2.75, 3.05) is 26.7 Å². The van der Waals surface area contributed by atoms with Gasteiger partial charge in [0.2, 0.25) is 0 Å². The van der Waals surface area contributed by atoms with E-state index in [0.717, 1.165) is 24.3 Å². The van der Waals surface area contributed by atoms with E-state index in [1.165, 1.54) is 0 Å². The molecule has 1 aliphatic heterocycles. The van der Waals surface area contributed by atoms with Gasteiger partial charge in [0.15, 0.2) is 0 Å². The van der Waals surface area contributed by atoms with Crippen LogP contribution in [0.2, 0.25) is 5.02 Å². The quantitative estimate of drug-likeness (QED) is 0.922. The standard InChI is InChI=1S/C16H19ClN4O2/c1-19-6-7-20(11-15(19)16(22)23)9-12-8-18-21(10-12)14-4-2-13(17)3-5-14/h2-5,8,10,15H,6-7,9,11H2,1H3,(H,22,23). The fourth-order valence-corrected chi connectivity index (χ4v) is 2.90. The van der Waals surface area contributed by atoms with Crippen molar-refractivity contribution in [3.8, 4) is 5.69 Å². The van der Waals surface area contributed by atoms with Crippen LogP contribution in [0.15, 0.2) is 36.7 Å². The molecule has 0 amide bonds. The predicted octanol–water partition coefficient (Wildman–Crippen LogP) is 1.73. The number of carboxylic acids is 1. The zero-order valence-electron chi connectivity index (χ0n) is 12.9. The number of rotatable bonds is 4. The zero-order valence-corrected chi connectivity index (χ0v) is 13.6. The van der Waals surface area contributed by atoms with Gasteiger partial charge in [-0.15, -0.1) is 0 Å². The smallest absolute Gasteiger partial charge is 0.322 e. The molecule has 1 saturated heterocycles. The number of carbonyl (C=O) groups is 1. The molecule has 1 aliphatic rings. The molecule has 0 spiro atoms. The summed E-state index contributed by atoms with van der Waals surface area (Å²) in [4.78, 5) is 15.3. The second kappa shape index (κ2) is 6.70. The zero-order chi connectivity index (χ0) is 16.4. The number of carboxylic acid groups (broad SMARTS) is 1. The normalized spacial score (nSPS) is 19.8. The third kappa shape index (κ3) is 3.72. The van der Waals surface area contributed by atoms with Gasteiger partial charge in [-0.1, -0.05) is 11.6 Å². The number of likely N-dealkylation sites (N-methyl/N-ethyl adjacent to an activating group) is 1. The van der Waals surface area contributed by atoms with Crippen LogP contribution in [0, 0.1) is 0 Å². The van der Waals surface area contributed by atoms with Crippen LogP contribution in [-0.4, -0.2) is 63.4 Å². The summed E-state index contributed by atoms with van der Waals surface area (Å²) < 4.78 is 1.80. The third-order valence-corrected chi connectivity index (χ3v) is 4.40. The van der Waals surface area contributed by atoms with Crippen LogP contribution in [0.4, 0.5) is 0 Å². The van der Waals surface area contributed by atoms with Crippen LogP contribution in [0.5, 0.6) is 0 Å². The molecule has 2 heterocycles. The number of halogens is 1. The second-order valence-corrected chi connectivity index (χ2v) is 6.28. The number of aliphatic carboxylic acids is 1. The van der Waals surface area contributed by atoms with E-state index in [-0.39, 0.29) is 0 Å². The summed E-state index contributed by atoms with van der Waals surface area (Å²) in [6.45, 7) is 2.83. The first-order valence-corrected chi connectivity index (χ1v) is 7.85. The highest BCUT2D eigenvalue weighted by atomic mass is 35.5. The van der Waals surface area contributed by atoms with Crippen molar-refractivity contribution < 1.29 is 9.90 Å². The summed E-state index contributed by atoms with van der Waals surface area (Å²) in [7, 11) is 1.86. The first-order chi connectivity index (χ1) is 11.0. The Morgan fingerprint density at radius 2 is 2.09 bits per heavy atom. The van der Waals surface area contributed by atoms with Crippen molar-refractivity contribution in [1.82, 2.24) is 19.6 Å². The van der Waals surface area contributed by atoms with E-state index in [9.17, 15) is 9.90 Å². The van der Waals surface area contributed by atoms with Gasteiger partial charge >= 0.3 is 5.97 Å². The minimum Gasteiger partial charge on any atom is -0.480 e. The van der Waals surface area contributed by atoms with E-state index in [0.29, 0.717) is 18.1 Å². The van der Waals surface area contributed by atoms with Crippen LogP contribution in [0.25, 0.3) is 5.69 Å². The molecule has 0 saturated carbocycles. The highest BCUT2D eigenvalue weighted by Crippen LogP contribution is 2.15. The summed E-state index contributed by atoms with van der Waals surface area (Å²) in [6.07, 6.45) is 3.79. The Kier molecular flexibility index (Phi) is 4.66. The Labute approximate surface area is 139 Å². The van der Waals surface area contributed by atoms with Crippen molar-refractivity contribution in [2.24, 2.45) is 0 Å².